The van der Waals surface area contributed by atoms with Crippen molar-refractivity contribution < 1.29 is 9.59 Å². The number of carbonyl (C=O) groups is 2. The maximum atomic E-state index is 12.9. The minimum Gasteiger partial charge on any atom is -0.361 e. The van der Waals surface area contributed by atoms with E-state index in [0.29, 0.717) is 19.4 Å². The molecule has 0 spiro atoms. The van der Waals surface area contributed by atoms with Crippen LogP contribution in [0.1, 0.15) is 29.5 Å². The minimum atomic E-state index is -0.438. The number of aryl methyl sites for hydroxylation is 2. The largest absolute Gasteiger partial charge is 0.361 e. The lowest BCUT2D eigenvalue weighted by atomic mass is 10.1. The number of aromatic amines is 1. The molecule has 0 bridgehead atoms. The molecule has 5 nitrogen and oxygen atoms in total. The SMILES string of the molecule is Cc1cc(C)cc(NC(=O)C2CCC(=O)N2Cc2c[nH]c3ccccc23)c1. The van der Waals surface area contributed by atoms with E-state index >= 15 is 0 Å². The molecular formula is C22H23N3O2. The van der Waals surface area contributed by atoms with Gasteiger partial charge in [-0.05, 0) is 55.2 Å². The molecule has 1 saturated heterocycles. The zero-order valence-corrected chi connectivity index (χ0v) is 15.6. The molecule has 27 heavy (non-hydrogen) atoms. The molecule has 1 atom stereocenters. The normalized spacial score (nSPS) is 16.9. The fourth-order valence-corrected chi connectivity index (χ4v) is 3.92. The maximum Gasteiger partial charge on any atom is 0.247 e. The molecule has 2 N–H and O–H groups in total. The standard InChI is InChI=1S/C22H23N3O2/c1-14-9-15(2)11-17(10-14)24-22(27)20-7-8-21(26)25(20)13-16-12-23-19-6-4-3-5-18(16)19/h3-6,9-12,20,23H,7-8,13H2,1-2H3,(H,24,27). The van der Waals surface area contributed by atoms with Crippen LogP contribution in [0, 0.1) is 13.8 Å². The van der Waals surface area contributed by atoms with Crippen LogP contribution in [-0.2, 0) is 16.1 Å². The highest BCUT2D eigenvalue weighted by molar-refractivity contribution is 5.99. The van der Waals surface area contributed by atoms with Gasteiger partial charge in [-0.2, -0.15) is 0 Å². The zero-order valence-electron chi connectivity index (χ0n) is 15.6. The lowest BCUT2D eigenvalue weighted by Crippen LogP contribution is -2.41. The first-order valence-corrected chi connectivity index (χ1v) is 9.25. The van der Waals surface area contributed by atoms with Gasteiger partial charge in [0.15, 0.2) is 0 Å². The van der Waals surface area contributed by atoms with Gasteiger partial charge in [0.25, 0.3) is 0 Å². The number of carbonyl (C=O) groups excluding carboxylic acids is 2. The fraction of sp³-hybridized carbons (Fsp3) is 0.273. The second-order valence-electron chi connectivity index (χ2n) is 7.30. The van der Waals surface area contributed by atoms with Crippen LogP contribution >= 0.6 is 0 Å². The Bertz CT molecular complexity index is 1000. The molecule has 2 amide bonds. The van der Waals surface area contributed by atoms with Gasteiger partial charge in [0, 0.05) is 35.8 Å². The number of para-hydroxylation sites is 1. The van der Waals surface area contributed by atoms with Crippen LogP contribution in [0.25, 0.3) is 10.9 Å². The average molecular weight is 361 g/mol. The predicted octanol–water partition coefficient (Wildman–Crippen LogP) is 3.91. The molecule has 1 fully saturated rings. The minimum absolute atomic E-state index is 0.0286. The lowest BCUT2D eigenvalue weighted by Gasteiger charge is -2.24. The average Bonchev–Trinajstić information content (AvgIpc) is 3.19. The van der Waals surface area contributed by atoms with Gasteiger partial charge < -0.3 is 15.2 Å². The summed E-state index contributed by atoms with van der Waals surface area (Å²) in [6, 6.07) is 13.5. The molecular weight excluding hydrogens is 338 g/mol. The van der Waals surface area contributed by atoms with Gasteiger partial charge in [-0.15, -0.1) is 0 Å². The maximum absolute atomic E-state index is 12.9. The van der Waals surface area contributed by atoms with E-state index in [1.807, 2.05) is 56.4 Å². The van der Waals surface area contributed by atoms with E-state index < -0.39 is 6.04 Å². The van der Waals surface area contributed by atoms with Crippen LogP contribution in [0.3, 0.4) is 0 Å². The second-order valence-corrected chi connectivity index (χ2v) is 7.30. The fourth-order valence-electron chi connectivity index (χ4n) is 3.92. The molecule has 0 aliphatic carbocycles. The smallest absolute Gasteiger partial charge is 0.247 e. The van der Waals surface area contributed by atoms with Gasteiger partial charge in [0.2, 0.25) is 11.8 Å². The summed E-state index contributed by atoms with van der Waals surface area (Å²) in [7, 11) is 0. The first kappa shape index (κ1) is 17.3. The molecule has 0 radical (unpaired) electrons. The topological polar surface area (TPSA) is 65.2 Å². The molecule has 1 aliphatic heterocycles. The molecule has 3 aromatic rings. The zero-order chi connectivity index (χ0) is 19.0. The van der Waals surface area contributed by atoms with Gasteiger partial charge in [-0.3, -0.25) is 9.59 Å². The summed E-state index contributed by atoms with van der Waals surface area (Å²) in [6.07, 6.45) is 2.89. The summed E-state index contributed by atoms with van der Waals surface area (Å²) in [5.74, 6) is -0.0912. The van der Waals surface area contributed by atoms with Crippen molar-refractivity contribution in [3.63, 3.8) is 0 Å². The number of amides is 2. The Balaban J connectivity index is 1.55. The van der Waals surface area contributed by atoms with Gasteiger partial charge >= 0.3 is 0 Å². The van der Waals surface area contributed by atoms with Crippen LogP contribution in [0.15, 0.2) is 48.7 Å². The number of hydrogen-bond acceptors (Lipinski definition) is 2. The molecule has 2 heterocycles. The first-order chi connectivity index (χ1) is 13.0. The third-order valence-corrected chi connectivity index (χ3v) is 5.14. The Kier molecular flexibility index (Phi) is 4.44. The van der Waals surface area contributed by atoms with E-state index in [1.165, 1.54) is 0 Å². The molecule has 138 valence electrons. The number of rotatable bonds is 4. The molecule has 1 unspecified atom stereocenters. The Hall–Kier alpha value is -3.08. The van der Waals surface area contributed by atoms with Gasteiger partial charge in [0.1, 0.15) is 6.04 Å². The van der Waals surface area contributed by atoms with E-state index in [0.717, 1.165) is 33.3 Å². The number of fused-ring (bicyclic) bond motifs is 1. The van der Waals surface area contributed by atoms with Crippen LogP contribution in [0.2, 0.25) is 0 Å². The second kappa shape index (κ2) is 6.91. The third kappa shape index (κ3) is 3.45. The summed E-state index contributed by atoms with van der Waals surface area (Å²) in [5.41, 5.74) is 5.05. The monoisotopic (exact) mass is 361 g/mol. The van der Waals surface area contributed by atoms with Crippen molar-refractivity contribution in [2.75, 3.05) is 5.32 Å². The Labute approximate surface area is 158 Å². The van der Waals surface area contributed by atoms with E-state index in [4.69, 9.17) is 0 Å². The lowest BCUT2D eigenvalue weighted by molar-refractivity contribution is -0.133. The molecule has 2 aromatic carbocycles. The van der Waals surface area contributed by atoms with Gasteiger partial charge in [-0.1, -0.05) is 24.3 Å². The highest BCUT2D eigenvalue weighted by Gasteiger charge is 2.36. The molecule has 5 heteroatoms. The summed E-state index contributed by atoms with van der Waals surface area (Å²) >= 11 is 0. The van der Waals surface area contributed by atoms with Crippen LogP contribution < -0.4 is 5.32 Å². The number of nitrogens with zero attached hydrogens (tertiary/aromatic N) is 1. The summed E-state index contributed by atoms with van der Waals surface area (Å²) in [5, 5.41) is 4.08. The van der Waals surface area contributed by atoms with Crippen LogP contribution in [0.5, 0.6) is 0 Å². The van der Waals surface area contributed by atoms with Crippen molar-refractivity contribution in [1.82, 2.24) is 9.88 Å². The Morgan fingerprint density at radius 2 is 1.93 bits per heavy atom. The van der Waals surface area contributed by atoms with E-state index in [-0.39, 0.29) is 11.8 Å². The highest BCUT2D eigenvalue weighted by Crippen LogP contribution is 2.26. The Morgan fingerprint density at radius 3 is 2.70 bits per heavy atom. The van der Waals surface area contributed by atoms with Crippen LogP contribution in [-0.4, -0.2) is 27.7 Å². The van der Waals surface area contributed by atoms with Gasteiger partial charge in [-0.25, -0.2) is 0 Å². The van der Waals surface area contributed by atoms with Crippen molar-refractivity contribution in [2.24, 2.45) is 0 Å². The van der Waals surface area contributed by atoms with E-state index in [9.17, 15) is 9.59 Å². The third-order valence-electron chi connectivity index (χ3n) is 5.14. The van der Waals surface area contributed by atoms with Crippen molar-refractivity contribution in [3.8, 4) is 0 Å². The Morgan fingerprint density at radius 1 is 1.19 bits per heavy atom. The summed E-state index contributed by atoms with van der Waals surface area (Å²) < 4.78 is 0. The molecule has 0 saturated carbocycles. The van der Waals surface area contributed by atoms with Crippen molar-refractivity contribution in [1.29, 1.82) is 0 Å². The predicted molar refractivity (Wildman–Crippen MR) is 106 cm³/mol. The number of nitrogens with one attached hydrogen (secondary N) is 2. The van der Waals surface area contributed by atoms with E-state index in [2.05, 4.69) is 16.4 Å². The van der Waals surface area contributed by atoms with Crippen molar-refractivity contribution in [3.05, 3.63) is 65.4 Å². The first-order valence-electron chi connectivity index (χ1n) is 9.25. The number of likely N-dealkylation sites (tertiary alicyclic amines) is 1. The van der Waals surface area contributed by atoms with Crippen molar-refractivity contribution >= 4 is 28.4 Å². The quantitative estimate of drug-likeness (QED) is 0.740. The summed E-state index contributed by atoms with van der Waals surface area (Å²) in [6.45, 7) is 4.45. The molecule has 4 rings (SSSR count). The van der Waals surface area contributed by atoms with Gasteiger partial charge in [0.05, 0.1) is 0 Å². The highest BCUT2D eigenvalue weighted by atomic mass is 16.2. The molecule has 1 aliphatic rings. The van der Waals surface area contributed by atoms with Crippen LogP contribution in [0.4, 0.5) is 5.69 Å². The van der Waals surface area contributed by atoms with Crippen molar-refractivity contribution in [2.45, 2.75) is 39.3 Å². The number of aromatic nitrogens is 1. The van der Waals surface area contributed by atoms with E-state index in [1.54, 1.807) is 4.90 Å². The number of hydrogen-bond donors (Lipinski definition) is 2. The summed E-state index contributed by atoms with van der Waals surface area (Å²) in [4.78, 5) is 30.3. The number of anilines is 1. The number of benzene rings is 2. The molecule has 1 aromatic heterocycles. The number of H-pyrrole nitrogens is 1.